The van der Waals surface area contributed by atoms with Crippen molar-refractivity contribution in [1.29, 1.82) is 0 Å². The van der Waals surface area contributed by atoms with Crippen molar-refractivity contribution in [3.63, 3.8) is 0 Å². The summed E-state index contributed by atoms with van der Waals surface area (Å²) in [5, 5.41) is 22.5. The maximum Gasteiger partial charge on any atom is 0.410 e. The molecule has 4 rings (SSSR count). The van der Waals surface area contributed by atoms with Gasteiger partial charge in [0.05, 0.1) is 18.7 Å². The molecule has 0 aromatic heterocycles. The number of nitrogens with zero attached hydrogens (tertiary/aromatic N) is 10. The summed E-state index contributed by atoms with van der Waals surface area (Å²) in [5.74, 6) is -1.73. The van der Waals surface area contributed by atoms with E-state index in [1.807, 2.05) is 60.7 Å². The first-order chi connectivity index (χ1) is 24.1. The van der Waals surface area contributed by atoms with Gasteiger partial charge in [0.15, 0.2) is 6.29 Å². The van der Waals surface area contributed by atoms with Gasteiger partial charge >= 0.3 is 18.0 Å². The van der Waals surface area contributed by atoms with Crippen LogP contribution in [0.15, 0.2) is 76.0 Å². The molecule has 1 aliphatic heterocycles. The maximum absolute atomic E-state index is 13.4. The van der Waals surface area contributed by atoms with Gasteiger partial charge in [0.2, 0.25) is 0 Å². The molecule has 0 bridgehead atoms. The lowest BCUT2D eigenvalue weighted by Gasteiger charge is -2.47. The third-order valence-electron chi connectivity index (χ3n) is 8.01. The first-order valence-corrected chi connectivity index (χ1v) is 15.6. The number of esters is 2. The van der Waals surface area contributed by atoms with Crippen LogP contribution in [0.2, 0.25) is 0 Å². The van der Waals surface area contributed by atoms with Gasteiger partial charge in [0, 0.05) is 35.1 Å². The lowest BCUT2D eigenvalue weighted by atomic mass is 9.81. The predicted octanol–water partition coefficient (Wildman–Crippen LogP) is 4.99. The molecule has 0 unspecified atom stereocenters. The van der Waals surface area contributed by atoms with E-state index in [1.165, 1.54) is 4.90 Å². The Bertz CT molecular complexity index is 1620. The van der Waals surface area contributed by atoms with Crippen LogP contribution in [-0.4, -0.2) is 89.5 Å². The molecule has 1 amide bonds. The van der Waals surface area contributed by atoms with Crippen LogP contribution >= 0.6 is 0 Å². The Morgan fingerprint density at radius 3 is 1.96 bits per heavy atom. The van der Waals surface area contributed by atoms with Crippen molar-refractivity contribution < 1.29 is 43.2 Å². The van der Waals surface area contributed by atoms with Crippen molar-refractivity contribution in [3.8, 4) is 0 Å². The Hall–Kier alpha value is -5.54. The summed E-state index contributed by atoms with van der Waals surface area (Å²) in [7, 11) is 0. The SMILES string of the molecule is CC(=O)O[C@@H]1[C@@H](N=[N+]=[N-])[C@H](OC(C)=O)[C@@H](O)[C@H](O[C@H]2O[C@H](CN(Cc3ccccc3)C(=O)OCc3ccccc3)CC[C@H]2N=[N+]=[N-])[C@H]1N=[N+]=[N-]. The highest BCUT2D eigenvalue weighted by molar-refractivity contribution is 5.68. The van der Waals surface area contributed by atoms with Crippen molar-refractivity contribution >= 4 is 18.0 Å². The molecule has 1 saturated carbocycles. The van der Waals surface area contributed by atoms with E-state index in [9.17, 15) is 36.1 Å². The van der Waals surface area contributed by atoms with Gasteiger partial charge in [-0.15, -0.1) is 0 Å². The molecule has 1 heterocycles. The second kappa shape index (κ2) is 18.3. The average Bonchev–Trinajstić information content (AvgIpc) is 3.10. The monoisotopic (exact) mass is 692 g/mol. The standard InChI is InChI=1S/C31H36N10O9/c1-18(42)47-27-24(36-39-33)28(48-19(2)43)26(44)29(25(27)37-40-34)50-30-23(35-38-32)14-13-22(49-30)16-41(15-20-9-5-3-6-10-20)31(45)46-17-21-11-7-4-8-12-21/h3-12,22-30,44H,13-17H2,1-2H3/t22-,23+,24+,25-,26+,27+,28-,29+,30+/m0/s1. The summed E-state index contributed by atoms with van der Waals surface area (Å²) in [5.41, 5.74) is 29.6. The Morgan fingerprint density at radius 2 is 1.38 bits per heavy atom. The third kappa shape index (κ3) is 9.99. The molecule has 2 fully saturated rings. The number of ether oxygens (including phenoxy) is 5. The second-order valence-electron chi connectivity index (χ2n) is 11.5. The highest BCUT2D eigenvalue weighted by atomic mass is 16.7. The average molecular weight is 693 g/mol. The number of azide groups is 3. The van der Waals surface area contributed by atoms with Crippen molar-refractivity contribution in [1.82, 2.24) is 4.90 Å². The summed E-state index contributed by atoms with van der Waals surface area (Å²) in [6, 6.07) is 14.4. The molecule has 2 aliphatic rings. The van der Waals surface area contributed by atoms with Gasteiger partial charge in [0.25, 0.3) is 0 Å². The van der Waals surface area contributed by atoms with Crippen molar-refractivity contribution in [2.24, 2.45) is 15.3 Å². The molecular weight excluding hydrogens is 656 g/mol. The van der Waals surface area contributed by atoms with Gasteiger partial charge < -0.3 is 33.7 Å². The fourth-order valence-electron chi connectivity index (χ4n) is 5.87. The van der Waals surface area contributed by atoms with E-state index in [4.69, 9.17) is 23.7 Å². The fraction of sp³-hybridized carbons (Fsp3) is 0.516. The minimum atomic E-state index is -1.81. The van der Waals surface area contributed by atoms with E-state index >= 15 is 0 Å². The molecule has 2 aromatic carbocycles. The van der Waals surface area contributed by atoms with E-state index in [0.717, 1.165) is 25.0 Å². The third-order valence-corrected chi connectivity index (χ3v) is 8.01. The molecule has 1 saturated heterocycles. The lowest BCUT2D eigenvalue weighted by Crippen LogP contribution is -2.66. The molecule has 1 N–H and O–H groups in total. The summed E-state index contributed by atoms with van der Waals surface area (Å²) in [4.78, 5) is 47.4. The van der Waals surface area contributed by atoms with E-state index in [1.54, 1.807) is 0 Å². The topological polar surface area (TPSA) is 267 Å². The Labute approximate surface area is 285 Å². The quantitative estimate of drug-likeness (QED) is 0.0972. The van der Waals surface area contributed by atoms with Gasteiger partial charge in [-0.3, -0.25) is 9.59 Å². The van der Waals surface area contributed by atoms with Crippen LogP contribution in [0, 0.1) is 0 Å². The number of carbonyl (C=O) groups is 3. The Morgan fingerprint density at radius 1 is 0.820 bits per heavy atom. The smallest absolute Gasteiger partial charge is 0.410 e. The number of hydrogen-bond acceptors (Lipinski definition) is 12. The number of rotatable bonds is 13. The molecule has 9 atom stereocenters. The summed E-state index contributed by atoms with van der Waals surface area (Å²) < 4.78 is 28.7. The Kier molecular flexibility index (Phi) is 13.6. The van der Waals surface area contributed by atoms with E-state index < -0.39 is 73.0 Å². The van der Waals surface area contributed by atoms with Crippen LogP contribution < -0.4 is 0 Å². The zero-order valence-electron chi connectivity index (χ0n) is 27.2. The Balaban J connectivity index is 1.61. The first-order valence-electron chi connectivity index (χ1n) is 15.6. The van der Waals surface area contributed by atoms with Crippen LogP contribution in [0.1, 0.15) is 37.8 Å². The van der Waals surface area contributed by atoms with Crippen LogP contribution in [0.4, 0.5) is 4.79 Å². The van der Waals surface area contributed by atoms with Gasteiger partial charge in [-0.2, -0.15) is 0 Å². The highest BCUT2D eigenvalue weighted by Crippen LogP contribution is 2.35. The van der Waals surface area contributed by atoms with Crippen LogP contribution in [0.3, 0.4) is 0 Å². The van der Waals surface area contributed by atoms with Crippen molar-refractivity contribution in [3.05, 3.63) is 103 Å². The highest BCUT2D eigenvalue weighted by Gasteiger charge is 2.55. The van der Waals surface area contributed by atoms with Crippen molar-refractivity contribution in [2.45, 2.75) is 94.8 Å². The van der Waals surface area contributed by atoms with E-state index in [2.05, 4.69) is 30.1 Å². The fourth-order valence-corrected chi connectivity index (χ4v) is 5.87. The molecule has 0 spiro atoms. The van der Waals surface area contributed by atoms with Crippen LogP contribution in [0.25, 0.3) is 31.3 Å². The second-order valence-corrected chi connectivity index (χ2v) is 11.5. The molecule has 0 radical (unpaired) electrons. The molecule has 19 heteroatoms. The normalized spacial score (nSPS) is 27.2. The predicted molar refractivity (Wildman–Crippen MR) is 172 cm³/mol. The van der Waals surface area contributed by atoms with Gasteiger partial charge in [-0.05, 0) is 40.6 Å². The van der Waals surface area contributed by atoms with Crippen LogP contribution in [0.5, 0.6) is 0 Å². The summed E-state index contributed by atoms with van der Waals surface area (Å²) in [6.07, 6.45) is -8.74. The first kappa shape index (κ1) is 37.3. The summed E-state index contributed by atoms with van der Waals surface area (Å²) in [6.45, 7) is 2.33. The van der Waals surface area contributed by atoms with Gasteiger partial charge in [-0.1, -0.05) is 76.0 Å². The largest absolute Gasteiger partial charge is 0.461 e. The van der Waals surface area contributed by atoms with Crippen LogP contribution in [-0.2, 0) is 46.4 Å². The molecular formula is C31H36N10O9. The molecule has 264 valence electrons. The molecule has 50 heavy (non-hydrogen) atoms. The lowest BCUT2D eigenvalue weighted by molar-refractivity contribution is -0.264. The molecule has 1 aliphatic carbocycles. The zero-order chi connectivity index (χ0) is 36.0. The number of aliphatic hydroxyl groups is 1. The van der Waals surface area contributed by atoms with Crippen molar-refractivity contribution in [2.75, 3.05) is 6.54 Å². The number of carbonyl (C=O) groups excluding carboxylic acids is 3. The van der Waals surface area contributed by atoms with E-state index in [-0.39, 0.29) is 26.1 Å². The minimum absolute atomic E-state index is 0.0173. The summed E-state index contributed by atoms with van der Waals surface area (Å²) >= 11 is 0. The minimum Gasteiger partial charge on any atom is -0.461 e. The number of hydrogen-bond donors (Lipinski definition) is 1. The number of benzene rings is 2. The molecule has 2 aromatic rings. The van der Waals surface area contributed by atoms with Gasteiger partial charge in [0.1, 0.15) is 43.1 Å². The maximum atomic E-state index is 13.4. The zero-order valence-corrected chi connectivity index (χ0v) is 27.2. The molecule has 19 nitrogen and oxygen atoms in total. The van der Waals surface area contributed by atoms with E-state index in [0.29, 0.717) is 6.42 Å². The van der Waals surface area contributed by atoms with Gasteiger partial charge in [-0.25, -0.2) is 4.79 Å². The number of aliphatic hydroxyl groups excluding tert-OH is 1. The number of amides is 1.